The van der Waals surface area contributed by atoms with Crippen LogP contribution in [0.4, 0.5) is 0 Å². The zero-order valence-corrected chi connectivity index (χ0v) is 32.3. The summed E-state index contributed by atoms with van der Waals surface area (Å²) < 4.78 is 8.80. The molecule has 60 heavy (non-hydrogen) atoms. The average molecular weight is 767 g/mol. The van der Waals surface area contributed by atoms with E-state index in [1.165, 1.54) is 16.5 Å². The average Bonchev–Trinajstić information content (AvgIpc) is 3.87. The molecule has 0 aliphatic rings. The van der Waals surface area contributed by atoms with Gasteiger partial charge in [-0.15, -0.1) is 0 Å². The normalized spacial score (nSPS) is 11.7. The highest BCUT2D eigenvalue weighted by molar-refractivity contribution is 6.22. The van der Waals surface area contributed by atoms with Crippen LogP contribution in [0, 0.1) is 0 Å². The minimum atomic E-state index is 0.550. The van der Waals surface area contributed by atoms with Gasteiger partial charge in [0.1, 0.15) is 11.2 Å². The Bertz CT molecular complexity index is 3480. The van der Waals surface area contributed by atoms with Crippen LogP contribution in [-0.2, 0) is 0 Å². The molecule has 0 fully saturated rings. The Hall–Kier alpha value is -8.15. The lowest BCUT2D eigenvalue weighted by atomic mass is 9.95. The van der Waals surface area contributed by atoms with E-state index in [0.717, 1.165) is 82.5 Å². The monoisotopic (exact) mass is 766 g/mol. The molecule has 3 heterocycles. The van der Waals surface area contributed by atoms with Gasteiger partial charge in [0.2, 0.25) is 5.95 Å². The molecule has 0 saturated carbocycles. The summed E-state index contributed by atoms with van der Waals surface area (Å²) in [7, 11) is 0. The van der Waals surface area contributed by atoms with Gasteiger partial charge in [0.25, 0.3) is 0 Å². The van der Waals surface area contributed by atoms with Gasteiger partial charge in [-0.25, -0.2) is 4.98 Å². The topological polar surface area (TPSA) is 56.7 Å². The van der Waals surface area contributed by atoms with Gasteiger partial charge in [0, 0.05) is 32.7 Å². The van der Waals surface area contributed by atoms with Crippen LogP contribution in [0.3, 0.4) is 0 Å². The molecule has 0 atom stereocenters. The fourth-order valence-corrected chi connectivity index (χ4v) is 8.81. The standard InChI is InChI=1S/C55H34N4O/c1-5-15-35(16-6-1)39-25-28-48-45(31-39)46-32-40(36-17-7-2-8-18-36)26-29-49(46)59(48)55-57-53(38-21-11-4-12-22-38)56-54(58-55)41-27-30-50-47(33-41)52-43-24-14-13-23-42(43)44(34-51(52)60-50)37-19-9-3-10-20-37/h1-34H. The molecule has 0 saturated heterocycles. The molecular weight excluding hydrogens is 733 g/mol. The number of benzene rings is 9. The first-order valence-electron chi connectivity index (χ1n) is 20.2. The predicted molar refractivity (Wildman–Crippen MR) is 246 cm³/mol. The van der Waals surface area contributed by atoms with Gasteiger partial charge in [-0.05, 0) is 92.7 Å². The Morgan fingerprint density at radius 3 is 1.40 bits per heavy atom. The largest absolute Gasteiger partial charge is 0.456 e. The SMILES string of the molecule is c1ccc(-c2ccc3c(c2)c2cc(-c4ccccc4)ccc2n3-c2nc(-c3ccccc3)nc(-c3ccc4oc5cc(-c6ccccc6)c6ccccc6c5c4c3)n2)cc1. The second kappa shape index (κ2) is 13.8. The summed E-state index contributed by atoms with van der Waals surface area (Å²) >= 11 is 0. The summed E-state index contributed by atoms with van der Waals surface area (Å²) in [6, 6.07) is 72.2. The van der Waals surface area contributed by atoms with E-state index in [2.05, 4.69) is 180 Å². The number of rotatable bonds is 6. The van der Waals surface area contributed by atoms with Gasteiger partial charge in [-0.1, -0.05) is 158 Å². The predicted octanol–water partition coefficient (Wildman–Crippen LogP) is 14.4. The van der Waals surface area contributed by atoms with E-state index in [9.17, 15) is 0 Å². The number of furan rings is 1. The van der Waals surface area contributed by atoms with Crippen molar-refractivity contribution in [2.24, 2.45) is 0 Å². The Kier molecular flexibility index (Phi) is 7.78. The van der Waals surface area contributed by atoms with Crippen LogP contribution in [0.2, 0.25) is 0 Å². The first-order valence-corrected chi connectivity index (χ1v) is 20.2. The van der Waals surface area contributed by atoms with Gasteiger partial charge in [-0.3, -0.25) is 4.57 Å². The summed E-state index contributed by atoms with van der Waals surface area (Å²) in [4.78, 5) is 15.7. The number of aromatic nitrogens is 4. The molecular formula is C55H34N4O. The van der Waals surface area contributed by atoms with E-state index < -0.39 is 0 Å². The van der Waals surface area contributed by atoms with Gasteiger partial charge in [0.15, 0.2) is 11.6 Å². The van der Waals surface area contributed by atoms with Crippen LogP contribution in [0.15, 0.2) is 211 Å². The van der Waals surface area contributed by atoms with Crippen LogP contribution < -0.4 is 0 Å². The maximum absolute atomic E-state index is 6.61. The second-order valence-corrected chi connectivity index (χ2v) is 15.2. The summed E-state index contributed by atoms with van der Waals surface area (Å²) in [5.41, 5.74) is 12.4. The van der Waals surface area contributed by atoms with Crippen LogP contribution >= 0.6 is 0 Å². The number of hydrogen-bond donors (Lipinski definition) is 0. The van der Waals surface area contributed by atoms with E-state index >= 15 is 0 Å². The maximum atomic E-state index is 6.61. The van der Waals surface area contributed by atoms with Crippen molar-refractivity contribution in [3.8, 4) is 62.1 Å². The molecule has 9 aromatic carbocycles. The second-order valence-electron chi connectivity index (χ2n) is 15.2. The van der Waals surface area contributed by atoms with Crippen molar-refractivity contribution in [2.45, 2.75) is 0 Å². The van der Waals surface area contributed by atoms with Crippen molar-refractivity contribution in [1.82, 2.24) is 19.5 Å². The van der Waals surface area contributed by atoms with Crippen molar-refractivity contribution in [1.29, 1.82) is 0 Å². The molecule has 5 nitrogen and oxygen atoms in total. The Morgan fingerprint density at radius 1 is 0.317 bits per heavy atom. The minimum absolute atomic E-state index is 0.550. The number of nitrogens with zero attached hydrogens (tertiary/aromatic N) is 4. The maximum Gasteiger partial charge on any atom is 0.238 e. The molecule has 0 N–H and O–H groups in total. The molecule has 3 aromatic heterocycles. The summed E-state index contributed by atoms with van der Waals surface area (Å²) in [6.45, 7) is 0. The first kappa shape index (κ1) is 33.9. The van der Waals surface area contributed by atoms with Crippen LogP contribution in [0.25, 0.3) is 117 Å². The van der Waals surface area contributed by atoms with Crippen molar-refractivity contribution < 1.29 is 4.42 Å². The zero-order valence-electron chi connectivity index (χ0n) is 32.3. The Labute approximate surface area is 345 Å². The van der Waals surface area contributed by atoms with Crippen LogP contribution in [0.1, 0.15) is 0 Å². The third-order valence-corrected chi connectivity index (χ3v) is 11.7. The molecule has 12 aromatic rings. The minimum Gasteiger partial charge on any atom is -0.456 e. The van der Waals surface area contributed by atoms with Gasteiger partial charge in [-0.2, -0.15) is 9.97 Å². The van der Waals surface area contributed by atoms with Crippen molar-refractivity contribution in [3.63, 3.8) is 0 Å². The molecule has 0 unspecified atom stereocenters. The number of hydrogen-bond acceptors (Lipinski definition) is 4. The Balaban J connectivity index is 1.10. The lowest BCUT2D eigenvalue weighted by molar-refractivity contribution is 0.669. The lowest BCUT2D eigenvalue weighted by Gasteiger charge is -2.11. The molecule has 12 rings (SSSR count). The molecule has 0 aliphatic carbocycles. The third-order valence-electron chi connectivity index (χ3n) is 11.7. The molecule has 0 spiro atoms. The Morgan fingerprint density at radius 2 is 0.800 bits per heavy atom. The lowest BCUT2D eigenvalue weighted by Crippen LogP contribution is -2.06. The van der Waals surface area contributed by atoms with Gasteiger partial charge >= 0.3 is 0 Å². The van der Waals surface area contributed by atoms with Gasteiger partial charge < -0.3 is 4.42 Å². The van der Waals surface area contributed by atoms with E-state index in [1.807, 2.05) is 30.3 Å². The smallest absolute Gasteiger partial charge is 0.238 e. The van der Waals surface area contributed by atoms with Gasteiger partial charge in [0.05, 0.1) is 11.0 Å². The van der Waals surface area contributed by atoms with Crippen molar-refractivity contribution in [3.05, 3.63) is 206 Å². The highest BCUT2D eigenvalue weighted by Gasteiger charge is 2.21. The fourth-order valence-electron chi connectivity index (χ4n) is 8.81. The third kappa shape index (κ3) is 5.59. The summed E-state index contributed by atoms with van der Waals surface area (Å²) in [5, 5.41) is 6.66. The molecule has 5 heteroatoms. The summed E-state index contributed by atoms with van der Waals surface area (Å²) in [5.74, 6) is 1.73. The molecule has 280 valence electrons. The first-order chi connectivity index (χ1) is 29.7. The van der Waals surface area contributed by atoms with E-state index in [-0.39, 0.29) is 0 Å². The zero-order chi connectivity index (χ0) is 39.6. The van der Waals surface area contributed by atoms with E-state index in [0.29, 0.717) is 17.6 Å². The van der Waals surface area contributed by atoms with E-state index in [4.69, 9.17) is 19.4 Å². The molecule has 0 bridgehead atoms. The number of fused-ring (bicyclic) bond motifs is 8. The molecule has 0 amide bonds. The van der Waals surface area contributed by atoms with Crippen LogP contribution in [-0.4, -0.2) is 19.5 Å². The summed E-state index contributed by atoms with van der Waals surface area (Å²) in [6.07, 6.45) is 0. The quantitative estimate of drug-likeness (QED) is 0.169. The van der Waals surface area contributed by atoms with Crippen molar-refractivity contribution in [2.75, 3.05) is 0 Å². The molecule has 0 aliphatic heterocycles. The molecule has 0 radical (unpaired) electrons. The fraction of sp³-hybridized carbons (Fsp3) is 0. The van der Waals surface area contributed by atoms with Crippen LogP contribution in [0.5, 0.6) is 0 Å². The highest BCUT2D eigenvalue weighted by atomic mass is 16.3. The van der Waals surface area contributed by atoms with Crippen molar-refractivity contribution >= 4 is 54.5 Å². The van der Waals surface area contributed by atoms with E-state index in [1.54, 1.807) is 0 Å². The highest BCUT2D eigenvalue weighted by Crippen LogP contribution is 2.42.